The normalized spacial score (nSPS) is 14.1. The second-order valence-electron chi connectivity index (χ2n) is 4.11. The minimum Gasteiger partial charge on any atom is -0.480 e. The molecule has 0 spiro atoms. The van der Waals surface area contributed by atoms with Gasteiger partial charge in [-0.3, -0.25) is 9.59 Å². The third kappa shape index (κ3) is 2.85. The lowest BCUT2D eigenvalue weighted by atomic mass is 9.85. The zero-order valence-corrected chi connectivity index (χ0v) is 11.1. The molecule has 0 aliphatic rings. The van der Waals surface area contributed by atoms with Crippen LogP contribution in [0.2, 0.25) is 0 Å². The van der Waals surface area contributed by atoms with E-state index in [-0.39, 0.29) is 6.42 Å². The molecule has 1 atom stereocenters. The van der Waals surface area contributed by atoms with Crippen molar-refractivity contribution in [1.29, 1.82) is 0 Å². The molecule has 17 heavy (non-hydrogen) atoms. The minimum atomic E-state index is -1.40. The molecule has 0 fully saturated rings. The average molecular weight is 255 g/mol. The molecule has 1 rings (SSSR count). The zero-order valence-electron chi connectivity index (χ0n) is 10.2. The average Bonchev–Trinajstić information content (AvgIpc) is 2.75. The first kappa shape index (κ1) is 13.7. The number of carboxylic acid groups (broad SMARTS) is 1. The first-order valence-electron chi connectivity index (χ1n) is 5.47. The highest BCUT2D eigenvalue weighted by molar-refractivity contribution is 7.12. The van der Waals surface area contributed by atoms with Gasteiger partial charge in [-0.1, -0.05) is 6.92 Å². The largest absolute Gasteiger partial charge is 0.480 e. The van der Waals surface area contributed by atoms with Gasteiger partial charge in [0.25, 0.3) is 0 Å². The number of carbonyl (C=O) groups is 2. The van der Waals surface area contributed by atoms with Gasteiger partial charge in [-0.05, 0) is 25.5 Å². The van der Waals surface area contributed by atoms with Crippen LogP contribution >= 0.6 is 11.3 Å². The second kappa shape index (κ2) is 5.31. The zero-order chi connectivity index (χ0) is 13.1. The summed E-state index contributed by atoms with van der Waals surface area (Å²) in [6.45, 7) is 3.50. The number of hydrogen-bond acceptors (Lipinski definition) is 3. The lowest BCUT2D eigenvalue weighted by Gasteiger charge is -2.21. The molecule has 5 heteroatoms. The third-order valence-corrected chi connectivity index (χ3v) is 4.02. The van der Waals surface area contributed by atoms with Crippen LogP contribution in [0.1, 0.15) is 23.6 Å². The van der Waals surface area contributed by atoms with E-state index in [2.05, 4.69) is 5.32 Å². The Labute approximate surface area is 105 Å². The molecular weight excluding hydrogens is 238 g/mol. The Bertz CT molecular complexity index is 427. The number of aliphatic carboxylic acids is 1. The van der Waals surface area contributed by atoms with Crippen LogP contribution in [-0.4, -0.2) is 24.0 Å². The molecule has 94 valence electrons. The summed E-state index contributed by atoms with van der Waals surface area (Å²) in [5, 5.41) is 11.6. The molecule has 1 unspecified atom stereocenters. The highest BCUT2D eigenvalue weighted by Crippen LogP contribution is 2.28. The first-order valence-corrected chi connectivity index (χ1v) is 6.29. The Morgan fingerprint density at radius 1 is 1.41 bits per heavy atom. The highest BCUT2D eigenvalue weighted by atomic mass is 32.1. The number of hydrogen-bond donors (Lipinski definition) is 2. The predicted molar refractivity (Wildman–Crippen MR) is 67.2 cm³/mol. The fourth-order valence-electron chi connectivity index (χ4n) is 1.58. The molecule has 4 nitrogen and oxygen atoms in total. The summed E-state index contributed by atoms with van der Waals surface area (Å²) in [5.74, 6) is -1.56. The van der Waals surface area contributed by atoms with Crippen molar-refractivity contribution in [3.63, 3.8) is 0 Å². The van der Waals surface area contributed by atoms with E-state index in [0.29, 0.717) is 0 Å². The van der Waals surface area contributed by atoms with Gasteiger partial charge in [-0.2, -0.15) is 0 Å². The van der Waals surface area contributed by atoms with Crippen LogP contribution in [0.15, 0.2) is 12.1 Å². The Morgan fingerprint density at radius 2 is 2.00 bits per heavy atom. The van der Waals surface area contributed by atoms with E-state index in [0.717, 1.165) is 11.3 Å². The fourth-order valence-corrected chi connectivity index (χ4v) is 2.70. The van der Waals surface area contributed by atoms with E-state index in [1.807, 2.05) is 19.1 Å². The van der Waals surface area contributed by atoms with E-state index in [9.17, 15) is 14.7 Å². The molecule has 1 aromatic rings. The summed E-state index contributed by atoms with van der Waals surface area (Å²) in [5.41, 5.74) is -1.40. The molecule has 0 bridgehead atoms. The number of thiophene rings is 1. The van der Waals surface area contributed by atoms with E-state index >= 15 is 0 Å². The number of nitrogens with one attached hydrogen (secondary N) is 1. The lowest BCUT2D eigenvalue weighted by Crippen LogP contribution is -2.44. The van der Waals surface area contributed by atoms with Gasteiger partial charge in [-0.15, -0.1) is 11.3 Å². The van der Waals surface area contributed by atoms with Crippen LogP contribution < -0.4 is 5.32 Å². The first-order chi connectivity index (χ1) is 7.93. The third-order valence-electron chi connectivity index (χ3n) is 2.79. The molecule has 0 radical (unpaired) electrons. The molecule has 1 heterocycles. The molecule has 0 saturated carbocycles. The number of rotatable bonds is 5. The van der Waals surface area contributed by atoms with Crippen molar-refractivity contribution < 1.29 is 14.7 Å². The summed E-state index contributed by atoms with van der Waals surface area (Å²) in [6, 6.07) is 3.87. The highest BCUT2D eigenvalue weighted by Gasteiger charge is 2.41. The smallest absolute Gasteiger partial charge is 0.319 e. The van der Waals surface area contributed by atoms with Crippen molar-refractivity contribution in [3.8, 4) is 0 Å². The van der Waals surface area contributed by atoms with Crippen molar-refractivity contribution >= 4 is 23.2 Å². The van der Waals surface area contributed by atoms with Crippen LogP contribution in [0, 0.1) is 5.41 Å². The maximum absolute atomic E-state index is 11.7. The maximum Gasteiger partial charge on any atom is 0.319 e. The van der Waals surface area contributed by atoms with Gasteiger partial charge in [0.15, 0.2) is 0 Å². The summed E-state index contributed by atoms with van der Waals surface area (Å²) < 4.78 is 0. The van der Waals surface area contributed by atoms with Crippen LogP contribution in [0.4, 0.5) is 0 Å². The van der Waals surface area contributed by atoms with E-state index in [1.54, 1.807) is 11.3 Å². The Morgan fingerprint density at radius 3 is 2.41 bits per heavy atom. The van der Waals surface area contributed by atoms with E-state index in [4.69, 9.17) is 0 Å². The van der Waals surface area contributed by atoms with Crippen molar-refractivity contribution in [3.05, 3.63) is 21.9 Å². The molecule has 0 aromatic carbocycles. The van der Waals surface area contributed by atoms with Crippen molar-refractivity contribution in [2.75, 3.05) is 7.05 Å². The van der Waals surface area contributed by atoms with Gasteiger partial charge in [0.2, 0.25) is 5.91 Å². The molecule has 0 saturated heterocycles. The summed E-state index contributed by atoms with van der Waals surface area (Å²) >= 11 is 1.56. The van der Waals surface area contributed by atoms with E-state index in [1.165, 1.54) is 18.8 Å². The Hall–Kier alpha value is -1.36. The molecule has 0 aliphatic carbocycles. The van der Waals surface area contributed by atoms with Gasteiger partial charge >= 0.3 is 5.97 Å². The maximum atomic E-state index is 11.7. The molecule has 1 amide bonds. The topological polar surface area (TPSA) is 66.4 Å². The van der Waals surface area contributed by atoms with Gasteiger partial charge in [0, 0.05) is 23.2 Å². The van der Waals surface area contributed by atoms with Crippen LogP contribution in [0.25, 0.3) is 0 Å². The number of carbonyl (C=O) groups excluding carboxylic acids is 1. The van der Waals surface area contributed by atoms with Gasteiger partial charge < -0.3 is 10.4 Å². The van der Waals surface area contributed by atoms with E-state index < -0.39 is 17.3 Å². The van der Waals surface area contributed by atoms with Gasteiger partial charge in [-0.25, -0.2) is 0 Å². The van der Waals surface area contributed by atoms with Gasteiger partial charge in [0.1, 0.15) is 5.41 Å². The molecular formula is C12H17NO3S. The van der Waals surface area contributed by atoms with Crippen molar-refractivity contribution in [2.45, 2.75) is 26.7 Å². The van der Waals surface area contributed by atoms with Crippen LogP contribution in [0.5, 0.6) is 0 Å². The van der Waals surface area contributed by atoms with Crippen LogP contribution in [0.3, 0.4) is 0 Å². The van der Waals surface area contributed by atoms with Crippen molar-refractivity contribution in [1.82, 2.24) is 5.32 Å². The summed E-state index contributed by atoms with van der Waals surface area (Å²) in [6.07, 6.45) is 1.15. The standard InChI is InChI=1S/C12H17NO3S/c1-4-8-5-6-9(17-8)7-12(2,11(15)16)10(14)13-3/h5-6H,4,7H2,1-3H3,(H,13,14)(H,15,16). The monoisotopic (exact) mass is 255 g/mol. The van der Waals surface area contributed by atoms with Gasteiger partial charge in [0.05, 0.1) is 0 Å². The Kier molecular flexibility index (Phi) is 4.28. The second-order valence-corrected chi connectivity index (χ2v) is 5.37. The summed E-state index contributed by atoms with van der Waals surface area (Å²) in [4.78, 5) is 25.0. The van der Waals surface area contributed by atoms with Crippen molar-refractivity contribution in [2.24, 2.45) is 5.41 Å². The molecule has 2 N–H and O–H groups in total. The Balaban J connectivity index is 2.94. The SMILES string of the molecule is CCc1ccc(CC(C)(C(=O)O)C(=O)NC)s1. The number of aryl methyl sites for hydroxylation is 1. The quantitative estimate of drug-likeness (QED) is 0.787. The predicted octanol–water partition coefficient (Wildman–Crippen LogP) is 1.69. The number of amides is 1. The summed E-state index contributed by atoms with van der Waals surface area (Å²) in [7, 11) is 1.45. The fraction of sp³-hybridized carbons (Fsp3) is 0.500. The molecule has 0 aliphatic heterocycles. The lowest BCUT2D eigenvalue weighted by molar-refractivity contribution is -0.154. The van der Waals surface area contributed by atoms with Crippen LogP contribution in [-0.2, 0) is 22.4 Å². The molecule has 1 aromatic heterocycles. The minimum absolute atomic E-state index is 0.229. The number of carboxylic acids is 1.